The number of rotatable bonds is 5. The zero-order chi connectivity index (χ0) is 12.9. The van der Waals surface area contributed by atoms with E-state index in [0.717, 1.165) is 0 Å². The standard InChI is InChI=1S/C12H18N2O3/c1-12(7-15,8-16)14-11(17)10(13)9-5-3-2-4-6-9/h2-6,10,15-16H,7-8,13H2,1H3,(H,14,17)/t10-/m0/s1. The molecule has 0 unspecified atom stereocenters. The van der Waals surface area contributed by atoms with Gasteiger partial charge in [-0.05, 0) is 12.5 Å². The molecule has 0 aliphatic rings. The second-order valence-corrected chi connectivity index (χ2v) is 4.25. The zero-order valence-corrected chi connectivity index (χ0v) is 9.76. The lowest BCUT2D eigenvalue weighted by molar-refractivity contribution is -0.125. The fraction of sp³-hybridized carbons (Fsp3) is 0.417. The zero-order valence-electron chi connectivity index (χ0n) is 9.76. The highest BCUT2D eigenvalue weighted by Crippen LogP contribution is 2.11. The van der Waals surface area contributed by atoms with E-state index in [1.165, 1.54) is 0 Å². The van der Waals surface area contributed by atoms with E-state index < -0.39 is 17.5 Å². The summed E-state index contributed by atoms with van der Waals surface area (Å²) in [6.45, 7) is 0.843. The van der Waals surface area contributed by atoms with E-state index >= 15 is 0 Å². The van der Waals surface area contributed by atoms with Gasteiger partial charge in [0.1, 0.15) is 6.04 Å². The molecule has 5 heteroatoms. The molecule has 0 saturated heterocycles. The SMILES string of the molecule is CC(CO)(CO)NC(=O)[C@@H](N)c1ccccc1. The maximum atomic E-state index is 11.8. The first-order chi connectivity index (χ1) is 8.02. The van der Waals surface area contributed by atoms with Crippen molar-refractivity contribution in [1.82, 2.24) is 5.32 Å². The van der Waals surface area contributed by atoms with Gasteiger partial charge in [0, 0.05) is 0 Å². The first-order valence-corrected chi connectivity index (χ1v) is 5.37. The Morgan fingerprint density at radius 3 is 2.35 bits per heavy atom. The van der Waals surface area contributed by atoms with Gasteiger partial charge in [-0.25, -0.2) is 0 Å². The second kappa shape index (κ2) is 5.77. The molecule has 17 heavy (non-hydrogen) atoms. The van der Waals surface area contributed by atoms with Crippen LogP contribution in [0.25, 0.3) is 0 Å². The van der Waals surface area contributed by atoms with Crippen LogP contribution in [0.2, 0.25) is 0 Å². The average Bonchev–Trinajstić information content (AvgIpc) is 2.38. The highest BCUT2D eigenvalue weighted by atomic mass is 16.3. The molecule has 0 radical (unpaired) electrons. The number of nitrogens with one attached hydrogen (secondary N) is 1. The van der Waals surface area contributed by atoms with Crippen molar-refractivity contribution in [2.24, 2.45) is 5.73 Å². The molecule has 1 rings (SSSR count). The predicted octanol–water partition coefficient (Wildman–Crippen LogP) is -0.454. The largest absolute Gasteiger partial charge is 0.394 e. The third kappa shape index (κ3) is 3.52. The molecule has 1 amide bonds. The number of nitrogens with two attached hydrogens (primary N) is 1. The van der Waals surface area contributed by atoms with Gasteiger partial charge in [0.15, 0.2) is 0 Å². The quantitative estimate of drug-likeness (QED) is 0.558. The van der Waals surface area contributed by atoms with Gasteiger partial charge < -0.3 is 21.3 Å². The number of aliphatic hydroxyl groups is 2. The summed E-state index contributed by atoms with van der Waals surface area (Å²) in [7, 11) is 0. The van der Waals surface area contributed by atoms with Crippen LogP contribution in [0.15, 0.2) is 30.3 Å². The minimum atomic E-state index is -1.05. The Morgan fingerprint density at radius 1 is 1.35 bits per heavy atom. The van der Waals surface area contributed by atoms with Gasteiger partial charge >= 0.3 is 0 Å². The summed E-state index contributed by atoms with van der Waals surface area (Å²) in [4.78, 5) is 11.8. The van der Waals surface area contributed by atoms with Crippen LogP contribution >= 0.6 is 0 Å². The fourth-order valence-electron chi connectivity index (χ4n) is 1.32. The van der Waals surface area contributed by atoms with E-state index in [1.54, 1.807) is 31.2 Å². The predicted molar refractivity (Wildman–Crippen MR) is 64.1 cm³/mol. The Morgan fingerprint density at radius 2 is 1.88 bits per heavy atom. The van der Waals surface area contributed by atoms with Crippen LogP contribution in [0.1, 0.15) is 18.5 Å². The van der Waals surface area contributed by atoms with Crippen LogP contribution in [-0.2, 0) is 4.79 Å². The van der Waals surface area contributed by atoms with Crippen LogP contribution in [0.5, 0.6) is 0 Å². The van der Waals surface area contributed by atoms with Crippen molar-refractivity contribution >= 4 is 5.91 Å². The molecule has 5 N–H and O–H groups in total. The molecule has 0 saturated carbocycles. The van der Waals surface area contributed by atoms with Crippen molar-refractivity contribution in [1.29, 1.82) is 0 Å². The van der Waals surface area contributed by atoms with Gasteiger partial charge in [0.25, 0.3) is 0 Å². The fourth-order valence-corrected chi connectivity index (χ4v) is 1.32. The number of carbonyl (C=O) groups is 1. The first kappa shape index (κ1) is 13.6. The van der Waals surface area contributed by atoms with E-state index in [4.69, 9.17) is 15.9 Å². The molecule has 0 aliphatic heterocycles. The Hall–Kier alpha value is -1.43. The summed E-state index contributed by atoms with van der Waals surface area (Å²) < 4.78 is 0. The Balaban J connectivity index is 2.71. The van der Waals surface area contributed by atoms with E-state index in [2.05, 4.69) is 5.32 Å². The third-order valence-corrected chi connectivity index (χ3v) is 2.56. The first-order valence-electron chi connectivity index (χ1n) is 5.37. The monoisotopic (exact) mass is 238 g/mol. The van der Waals surface area contributed by atoms with Crippen molar-refractivity contribution in [2.45, 2.75) is 18.5 Å². The van der Waals surface area contributed by atoms with Crippen molar-refractivity contribution in [3.8, 4) is 0 Å². The minimum absolute atomic E-state index is 0.350. The molecular weight excluding hydrogens is 220 g/mol. The van der Waals surface area contributed by atoms with E-state index in [-0.39, 0.29) is 13.2 Å². The van der Waals surface area contributed by atoms with Crippen molar-refractivity contribution in [3.05, 3.63) is 35.9 Å². The molecule has 0 fully saturated rings. The summed E-state index contributed by atoms with van der Waals surface area (Å²) in [5, 5.41) is 20.7. The Kier molecular flexibility index (Phi) is 4.62. The van der Waals surface area contributed by atoms with Gasteiger partial charge in [-0.1, -0.05) is 30.3 Å². The molecule has 1 aromatic rings. The topological polar surface area (TPSA) is 95.6 Å². The van der Waals surface area contributed by atoms with E-state index in [9.17, 15) is 4.79 Å². The summed E-state index contributed by atoms with van der Waals surface area (Å²) >= 11 is 0. The highest BCUT2D eigenvalue weighted by Gasteiger charge is 2.27. The van der Waals surface area contributed by atoms with E-state index in [0.29, 0.717) is 5.56 Å². The normalized spacial score (nSPS) is 13.2. The van der Waals surface area contributed by atoms with Crippen molar-refractivity contribution in [2.75, 3.05) is 13.2 Å². The van der Waals surface area contributed by atoms with Crippen LogP contribution in [0.3, 0.4) is 0 Å². The molecule has 0 bridgehead atoms. The smallest absolute Gasteiger partial charge is 0.242 e. The summed E-state index contributed by atoms with van der Waals surface area (Å²) in [6.07, 6.45) is 0. The second-order valence-electron chi connectivity index (χ2n) is 4.25. The molecule has 0 heterocycles. The maximum Gasteiger partial charge on any atom is 0.242 e. The molecular formula is C12H18N2O3. The lowest BCUT2D eigenvalue weighted by Gasteiger charge is -2.27. The molecule has 0 aliphatic carbocycles. The van der Waals surface area contributed by atoms with Crippen molar-refractivity contribution < 1.29 is 15.0 Å². The van der Waals surface area contributed by atoms with Crippen LogP contribution in [-0.4, -0.2) is 34.9 Å². The van der Waals surface area contributed by atoms with Gasteiger partial charge in [-0.15, -0.1) is 0 Å². The maximum absolute atomic E-state index is 11.8. The highest BCUT2D eigenvalue weighted by molar-refractivity contribution is 5.83. The molecule has 1 aromatic carbocycles. The minimum Gasteiger partial charge on any atom is -0.394 e. The van der Waals surface area contributed by atoms with Gasteiger partial charge in [-0.2, -0.15) is 0 Å². The van der Waals surface area contributed by atoms with Crippen molar-refractivity contribution in [3.63, 3.8) is 0 Å². The summed E-state index contributed by atoms with van der Waals surface area (Å²) in [5.74, 6) is -0.429. The molecule has 1 atom stereocenters. The van der Waals surface area contributed by atoms with Crippen LogP contribution in [0.4, 0.5) is 0 Å². The third-order valence-electron chi connectivity index (χ3n) is 2.56. The summed E-state index contributed by atoms with van der Waals surface area (Å²) in [5.41, 5.74) is 5.41. The average molecular weight is 238 g/mol. The number of hydrogen-bond acceptors (Lipinski definition) is 4. The molecule has 0 aromatic heterocycles. The summed E-state index contributed by atoms with van der Waals surface area (Å²) in [6, 6.07) is 8.10. The lowest BCUT2D eigenvalue weighted by Crippen LogP contribution is -2.54. The molecule has 94 valence electrons. The lowest BCUT2D eigenvalue weighted by atomic mass is 10.0. The number of aliphatic hydroxyl groups excluding tert-OH is 2. The Bertz CT molecular complexity index is 363. The number of benzene rings is 1. The Labute approximate surface area is 100 Å². The number of hydrogen-bond donors (Lipinski definition) is 4. The number of carbonyl (C=O) groups excluding carboxylic acids is 1. The van der Waals surface area contributed by atoms with Crippen LogP contribution in [0, 0.1) is 0 Å². The molecule has 0 spiro atoms. The van der Waals surface area contributed by atoms with Gasteiger partial charge in [0.05, 0.1) is 18.8 Å². The number of amides is 1. The van der Waals surface area contributed by atoms with Gasteiger partial charge in [-0.3, -0.25) is 4.79 Å². The van der Waals surface area contributed by atoms with Gasteiger partial charge in [0.2, 0.25) is 5.91 Å². The molecule has 5 nitrogen and oxygen atoms in total. The van der Waals surface area contributed by atoms with E-state index in [1.807, 2.05) is 6.07 Å². The van der Waals surface area contributed by atoms with Crippen LogP contribution < -0.4 is 11.1 Å².